The minimum atomic E-state index is -0.533. The van der Waals surface area contributed by atoms with E-state index in [9.17, 15) is 19.3 Å². The van der Waals surface area contributed by atoms with E-state index in [0.717, 1.165) is 5.56 Å². The molecule has 8 nitrogen and oxygen atoms in total. The third kappa shape index (κ3) is 4.36. The summed E-state index contributed by atoms with van der Waals surface area (Å²) < 4.78 is 13.6. The van der Waals surface area contributed by atoms with Crippen molar-refractivity contribution in [1.29, 1.82) is 0 Å². The van der Waals surface area contributed by atoms with Crippen molar-refractivity contribution in [3.8, 4) is 0 Å². The lowest BCUT2D eigenvalue weighted by atomic mass is 10.0. The first-order chi connectivity index (χ1) is 16.3. The number of para-hydroxylation sites is 1. The van der Waals surface area contributed by atoms with Gasteiger partial charge in [0.1, 0.15) is 11.7 Å². The lowest BCUT2D eigenvalue weighted by Crippen LogP contribution is -2.49. The third-order valence-electron chi connectivity index (χ3n) is 5.62. The Balaban J connectivity index is 1.66. The maximum atomic E-state index is 13.6. The Labute approximate surface area is 195 Å². The second-order valence-corrected chi connectivity index (χ2v) is 7.77. The maximum Gasteiger partial charge on any atom is 0.322 e. The number of hydrogen-bond acceptors (Lipinski definition) is 5. The van der Waals surface area contributed by atoms with Crippen molar-refractivity contribution in [1.82, 2.24) is 4.90 Å². The summed E-state index contributed by atoms with van der Waals surface area (Å²) in [6.45, 7) is 6.04. The fourth-order valence-corrected chi connectivity index (χ4v) is 3.66. The van der Waals surface area contributed by atoms with Crippen LogP contribution in [0.25, 0.3) is 5.70 Å². The minimum absolute atomic E-state index is 0.124. The molecule has 3 aromatic rings. The zero-order valence-corrected chi connectivity index (χ0v) is 18.6. The number of nitrogens with one attached hydrogen (secondary N) is 1. The number of carbonyl (C=O) groups is 1. The van der Waals surface area contributed by atoms with Gasteiger partial charge in [-0.1, -0.05) is 30.8 Å². The number of anilines is 2. The number of nitro benzene ring substituents is 1. The summed E-state index contributed by atoms with van der Waals surface area (Å²) in [4.78, 5) is 31.5. The number of amides is 2. The van der Waals surface area contributed by atoms with Crippen molar-refractivity contribution in [3.05, 3.63) is 101 Å². The fourth-order valence-electron chi connectivity index (χ4n) is 3.66. The van der Waals surface area contributed by atoms with Gasteiger partial charge in [-0.05, 0) is 43.3 Å². The molecular formula is C25H22FN5O3. The molecule has 0 saturated carbocycles. The number of amidine groups is 1. The minimum Gasteiger partial charge on any atom is -0.318 e. The van der Waals surface area contributed by atoms with Crippen LogP contribution in [0.3, 0.4) is 0 Å². The van der Waals surface area contributed by atoms with Crippen LogP contribution in [0.4, 0.5) is 31.9 Å². The van der Waals surface area contributed by atoms with Gasteiger partial charge >= 0.3 is 6.03 Å². The van der Waals surface area contributed by atoms with Crippen molar-refractivity contribution in [2.75, 3.05) is 17.3 Å². The molecule has 1 atom stereocenters. The Morgan fingerprint density at radius 3 is 2.56 bits per heavy atom. The fraction of sp³-hybridized carbons (Fsp3) is 0.120. The van der Waals surface area contributed by atoms with Crippen LogP contribution in [-0.2, 0) is 0 Å². The van der Waals surface area contributed by atoms with Crippen LogP contribution in [0.2, 0.25) is 0 Å². The van der Waals surface area contributed by atoms with Gasteiger partial charge in [0.25, 0.3) is 5.69 Å². The SMILES string of the molecule is C=C1c2ccccc2N=C(C(C)N(C)C(=O)Nc2cccc([N+](=O)[O-])c2)N1c1ccc(F)cc1. The molecule has 1 aliphatic heterocycles. The number of carbonyl (C=O) groups excluding carboxylic acids is 1. The van der Waals surface area contributed by atoms with Crippen LogP contribution in [0.15, 0.2) is 84.4 Å². The van der Waals surface area contributed by atoms with E-state index in [4.69, 9.17) is 4.99 Å². The van der Waals surface area contributed by atoms with Crippen molar-refractivity contribution in [2.45, 2.75) is 13.0 Å². The largest absolute Gasteiger partial charge is 0.322 e. The van der Waals surface area contributed by atoms with Gasteiger partial charge in [-0.15, -0.1) is 0 Å². The van der Waals surface area contributed by atoms with Crippen LogP contribution >= 0.6 is 0 Å². The zero-order chi connectivity index (χ0) is 24.4. The molecule has 0 fully saturated rings. The molecule has 0 saturated heterocycles. The Morgan fingerprint density at radius 2 is 1.85 bits per heavy atom. The molecule has 1 unspecified atom stereocenters. The highest BCUT2D eigenvalue weighted by Gasteiger charge is 2.32. The summed E-state index contributed by atoms with van der Waals surface area (Å²) in [7, 11) is 1.60. The van der Waals surface area contributed by atoms with E-state index in [1.54, 1.807) is 30.1 Å². The predicted octanol–water partition coefficient (Wildman–Crippen LogP) is 5.81. The highest BCUT2D eigenvalue weighted by molar-refractivity contribution is 6.16. The molecule has 2 amide bonds. The summed E-state index contributed by atoms with van der Waals surface area (Å²) in [6, 6.07) is 18.2. The lowest BCUT2D eigenvalue weighted by molar-refractivity contribution is -0.384. The Kier molecular flexibility index (Phi) is 6.09. The number of fused-ring (bicyclic) bond motifs is 1. The second kappa shape index (κ2) is 9.14. The van der Waals surface area contributed by atoms with Crippen LogP contribution in [0, 0.1) is 15.9 Å². The highest BCUT2D eigenvalue weighted by atomic mass is 19.1. The Bertz CT molecular complexity index is 1310. The molecule has 0 radical (unpaired) electrons. The summed E-state index contributed by atoms with van der Waals surface area (Å²) in [5, 5.41) is 13.7. The standard InChI is InChI=1S/C25H22FN5O3/c1-16-22-9-4-5-10-23(22)28-24(30(16)20-13-11-18(26)12-14-20)17(2)29(3)25(32)27-19-7-6-8-21(15-19)31(33)34/h4-15,17H,1H2,2-3H3,(H,27,32). The second-order valence-electron chi connectivity index (χ2n) is 7.77. The van der Waals surface area contributed by atoms with Crippen LogP contribution in [0.1, 0.15) is 12.5 Å². The maximum absolute atomic E-state index is 13.6. The zero-order valence-electron chi connectivity index (χ0n) is 18.6. The van der Waals surface area contributed by atoms with E-state index in [0.29, 0.717) is 28.6 Å². The van der Waals surface area contributed by atoms with Gasteiger partial charge in [-0.3, -0.25) is 15.0 Å². The summed E-state index contributed by atoms with van der Waals surface area (Å²) in [5.41, 5.74) is 3.01. The molecule has 4 rings (SSSR count). The van der Waals surface area contributed by atoms with E-state index >= 15 is 0 Å². The number of nitro groups is 1. The van der Waals surface area contributed by atoms with E-state index in [1.165, 1.54) is 35.2 Å². The Morgan fingerprint density at radius 1 is 1.15 bits per heavy atom. The molecule has 0 bridgehead atoms. The van der Waals surface area contributed by atoms with E-state index in [-0.39, 0.29) is 11.5 Å². The number of likely N-dealkylation sites (N-methyl/N-ethyl adjacent to an activating group) is 1. The van der Waals surface area contributed by atoms with Crippen molar-refractivity contribution in [2.24, 2.45) is 4.99 Å². The lowest BCUT2D eigenvalue weighted by Gasteiger charge is -2.37. The van der Waals surface area contributed by atoms with Crippen molar-refractivity contribution >= 4 is 40.3 Å². The van der Waals surface area contributed by atoms with Gasteiger partial charge < -0.3 is 10.2 Å². The topological polar surface area (TPSA) is 91.1 Å². The predicted molar refractivity (Wildman–Crippen MR) is 131 cm³/mol. The number of halogens is 1. The number of aliphatic imine (C=N–C) groups is 1. The van der Waals surface area contributed by atoms with Gasteiger partial charge in [0.2, 0.25) is 0 Å². The Hall–Kier alpha value is -4.53. The van der Waals surface area contributed by atoms with Gasteiger partial charge in [0, 0.05) is 41.8 Å². The average Bonchev–Trinajstić information content (AvgIpc) is 2.84. The molecule has 0 aromatic heterocycles. The van der Waals surface area contributed by atoms with Gasteiger partial charge in [-0.2, -0.15) is 0 Å². The first-order valence-corrected chi connectivity index (χ1v) is 10.5. The molecule has 1 heterocycles. The number of nitrogens with zero attached hydrogens (tertiary/aromatic N) is 4. The van der Waals surface area contributed by atoms with Crippen LogP contribution in [-0.4, -0.2) is 34.8 Å². The van der Waals surface area contributed by atoms with Crippen LogP contribution < -0.4 is 10.2 Å². The molecule has 3 aromatic carbocycles. The number of hydrogen-bond donors (Lipinski definition) is 1. The van der Waals surface area contributed by atoms with E-state index in [2.05, 4.69) is 11.9 Å². The number of non-ortho nitro benzene ring substituents is 1. The molecule has 1 aliphatic rings. The molecular weight excluding hydrogens is 437 g/mol. The van der Waals surface area contributed by atoms with Gasteiger partial charge in [0.05, 0.1) is 16.7 Å². The monoisotopic (exact) mass is 459 g/mol. The van der Waals surface area contributed by atoms with Gasteiger partial charge in [-0.25, -0.2) is 14.2 Å². The summed E-state index contributed by atoms with van der Waals surface area (Å²) in [5.74, 6) is 0.152. The number of urea groups is 1. The van der Waals surface area contributed by atoms with E-state index in [1.807, 2.05) is 31.2 Å². The van der Waals surface area contributed by atoms with Crippen molar-refractivity contribution in [3.63, 3.8) is 0 Å². The first kappa shape index (κ1) is 22.7. The quantitative estimate of drug-likeness (QED) is 0.385. The van der Waals surface area contributed by atoms with E-state index < -0.39 is 17.0 Å². The number of rotatable bonds is 5. The van der Waals surface area contributed by atoms with Crippen LogP contribution in [0.5, 0.6) is 0 Å². The van der Waals surface area contributed by atoms with Crippen molar-refractivity contribution < 1.29 is 14.1 Å². The molecule has 172 valence electrons. The number of benzene rings is 3. The normalized spacial score (nSPS) is 13.6. The third-order valence-corrected chi connectivity index (χ3v) is 5.62. The molecule has 34 heavy (non-hydrogen) atoms. The van der Waals surface area contributed by atoms with Gasteiger partial charge in [0.15, 0.2) is 0 Å². The average molecular weight is 459 g/mol. The molecule has 9 heteroatoms. The molecule has 0 aliphatic carbocycles. The summed E-state index contributed by atoms with van der Waals surface area (Å²) in [6.07, 6.45) is 0. The molecule has 1 N–H and O–H groups in total. The molecule has 0 spiro atoms. The summed E-state index contributed by atoms with van der Waals surface area (Å²) >= 11 is 0. The first-order valence-electron chi connectivity index (χ1n) is 10.5. The highest BCUT2D eigenvalue weighted by Crippen LogP contribution is 2.37. The smallest absolute Gasteiger partial charge is 0.318 e.